The zero-order valence-corrected chi connectivity index (χ0v) is 13.4. The van der Waals surface area contributed by atoms with Gasteiger partial charge in [-0.3, -0.25) is 9.88 Å². The molecule has 1 aliphatic rings. The Balaban J connectivity index is 1.45. The largest absolute Gasteiger partial charge is 0.445 e. The maximum Gasteiger partial charge on any atom is 0.208 e. The molecule has 0 radical (unpaired) electrons. The number of aryl methyl sites for hydroxylation is 1. The molecule has 1 saturated heterocycles. The first-order valence-electron chi connectivity index (χ1n) is 7.93. The van der Waals surface area contributed by atoms with E-state index in [1.165, 1.54) is 18.5 Å². The minimum absolute atomic E-state index is 0.588. The Kier molecular flexibility index (Phi) is 4.85. The van der Waals surface area contributed by atoms with Crippen LogP contribution in [0.1, 0.15) is 23.6 Å². The highest BCUT2D eigenvalue weighted by atomic mass is 16.4. The van der Waals surface area contributed by atoms with Crippen LogP contribution in [0, 0.1) is 6.92 Å². The average Bonchev–Trinajstić information content (AvgIpc) is 3.15. The maximum atomic E-state index is 5.57. The Bertz CT molecular complexity index is 583. The fraction of sp³-hybridized carbons (Fsp3) is 0.529. The molecule has 0 aliphatic carbocycles. The average molecular weight is 300 g/mol. The maximum absolute atomic E-state index is 5.57. The lowest BCUT2D eigenvalue weighted by Crippen LogP contribution is -2.34. The molecule has 118 valence electrons. The molecule has 5 nitrogen and oxygen atoms in total. The van der Waals surface area contributed by atoms with Crippen molar-refractivity contribution in [1.29, 1.82) is 0 Å². The van der Waals surface area contributed by atoms with Gasteiger partial charge in [-0.1, -0.05) is 0 Å². The van der Waals surface area contributed by atoms with E-state index in [2.05, 4.69) is 38.9 Å². The molecular weight excluding hydrogens is 276 g/mol. The smallest absolute Gasteiger partial charge is 0.208 e. The standard InChI is InChI=1S/C17H24N4O/c1-14-11-19-17(22-14)13-20(2)16-6-10-21(12-16)9-5-15-3-7-18-8-4-15/h3-4,7-8,11,16H,5-6,9-10,12-13H2,1-2H3/t16-/m1/s1. The van der Waals surface area contributed by atoms with E-state index >= 15 is 0 Å². The summed E-state index contributed by atoms with van der Waals surface area (Å²) in [6.45, 7) is 6.14. The summed E-state index contributed by atoms with van der Waals surface area (Å²) in [6, 6.07) is 4.79. The molecule has 0 saturated carbocycles. The lowest BCUT2D eigenvalue weighted by Gasteiger charge is -2.23. The lowest BCUT2D eigenvalue weighted by molar-refractivity contribution is 0.206. The number of hydrogen-bond donors (Lipinski definition) is 0. The van der Waals surface area contributed by atoms with Crippen LogP contribution in [-0.2, 0) is 13.0 Å². The molecule has 2 aromatic rings. The van der Waals surface area contributed by atoms with E-state index in [0.717, 1.165) is 37.7 Å². The number of likely N-dealkylation sites (tertiary alicyclic amines) is 1. The van der Waals surface area contributed by atoms with E-state index < -0.39 is 0 Å². The van der Waals surface area contributed by atoms with E-state index in [1.54, 1.807) is 6.20 Å². The van der Waals surface area contributed by atoms with Crippen molar-refractivity contribution in [3.63, 3.8) is 0 Å². The monoisotopic (exact) mass is 300 g/mol. The third-order valence-corrected chi connectivity index (χ3v) is 4.39. The summed E-state index contributed by atoms with van der Waals surface area (Å²) in [7, 11) is 2.16. The molecule has 0 bridgehead atoms. The van der Waals surface area contributed by atoms with Crippen LogP contribution in [0.25, 0.3) is 0 Å². The number of rotatable bonds is 6. The first-order chi connectivity index (χ1) is 10.7. The van der Waals surface area contributed by atoms with Crippen molar-refractivity contribution in [2.75, 3.05) is 26.7 Å². The summed E-state index contributed by atoms with van der Waals surface area (Å²) in [5.74, 6) is 1.70. The molecule has 0 N–H and O–H groups in total. The second-order valence-corrected chi connectivity index (χ2v) is 6.13. The zero-order valence-electron chi connectivity index (χ0n) is 13.4. The first-order valence-corrected chi connectivity index (χ1v) is 7.93. The molecular formula is C17H24N4O. The number of nitrogens with zero attached hydrogens (tertiary/aromatic N) is 4. The SMILES string of the molecule is Cc1cnc(CN(C)[C@@H]2CCN(CCc3ccncc3)C2)o1. The van der Waals surface area contributed by atoms with Gasteiger partial charge in [0.1, 0.15) is 5.76 Å². The highest BCUT2D eigenvalue weighted by Crippen LogP contribution is 2.17. The van der Waals surface area contributed by atoms with E-state index in [1.807, 2.05) is 19.3 Å². The van der Waals surface area contributed by atoms with Crippen LogP contribution in [0.15, 0.2) is 35.1 Å². The van der Waals surface area contributed by atoms with E-state index in [9.17, 15) is 0 Å². The number of aromatic nitrogens is 2. The van der Waals surface area contributed by atoms with Gasteiger partial charge in [0.2, 0.25) is 5.89 Å². The van der Waals surface area contributed by atoms with Crippen molar-refractivity contribution in [3.8, 4) is 0 Å². The zero-order chi connectivity index (χ0) is 15.4. The predicted octanol–water partition coefficient (Wildman–Crippen LogP) is 2.13. The topological polar surface area (TPSA) is 45.4 Å². The Morgan fingerprint density at radius 3 is 2.91 bits per heavy atom. The number of oxazole rings is 1. The second-order valence-electron chi connectivity index (χ2n) is 6.13. The van der Waals surface area contributed by atoms with Crippen LogP contribution in [0.2, 0.25) is 0 Å². The number of hydrogen-bond acceptors (Lipinski definition) is 5. The van der Waals surface area contributed by atoms with Crippen molar-refractivity contribution in [2.24, 2.45) is 0 Å². The van der Waals surface area contributed by atoms with Crippen LogP contribution in [0.4, 0.5) is 0 Å². The van der Waals surface area contributed by atoms with Crippen LogP contribution in [-0.4, -0.2) is 52.5 Å². The third-order valence-electron chi connectivity index (χ3n) is 4.39. The molecule has 1 fully saturated rings. The highest BCUT2D eigenvalue weighted by molar-refractivity contribution is 5.10. The summed E-state index contributed by atoms with van der Waals surface area (Å²) >= 11 is 0. The minimum atomic E-state index is 0.588. The Hall–Kier alpha value is -1.72. The van der Waals surface area contributed by atoms with Gasteiger partial charge in [-0.2, -0.15) is 0 Å². The second kappa shape index (κ2) is 7.03. The molecule has 3 heterocycles. The molecule has 1 aliphatic heterocycles. The van der Waals surface area contributed by atoms with Gasteiger partial charge in [0, 0.05) is 31.5 Å². The van der Waals surface area contributed by atoms with Gasteiger partial charge in [-0.05, 0) is 51.1 Å². The van der Waals surface area contributed by atoms with Crippen LogP contribution in [0.3, 0.4) is 0 Å². The molecule has 0 spiro atoms. The Morgan fingerprint density at radius 1 is 1.36 bits per heavy atom. The Labute approximate surface area is 132 Å². The summed E-state index contributed by atoms with van der Waals surface area (Å²) < 4.78 is 5.57. The third kappa shape index (κ3) is 3.93. The lowest BCUT2D eigenvalue weighted by atomic mass is 10.2. The quantitative estimate of drug-likeness (QED) is 0.818. The van der Waals surface area contributed by atoms with E-state index in [-0.39, 0.29) is 0 Å². The predicted molar refractivity (Wildman–Crippen MR) is 85.5 cm³/mol. The Morgan fingerprint density at radius 2 is 2.18 bits per heavy atom. The van der Waals surface area contributed by atoms with Crippen LogP contribution >= 0.6 is 0 Å². The normalized spacial score (nSPS) is 19.1. The van der Waals surface area contributed by atoms with Crippen molar-refractivity contribution in [3.05, 3.63) is 47.9 Å². The molecule has 0 amide bonds. The highest BCUT2D eigenvalue weighted by Gasteiger charge is 2.26. The van der Waals surface area contributed by atoms with Gasteiger partial charge in [0.05, 0.1) is 12.7 Å². The fourth-order valence-electron chi connectivity index (χ4n) is 3.03. The van der Waals surface area contributed by atoms with Gasteiger partial charge in [0.15, 0.2) is 0 Å². The van der Waals surface area contributed by atoms with Crippen molar-refractivity contribution < 1.29 is 4.42 Å². The summed E-state index contributed by atoms with van der Waals surface area (Å²) in [5.41, 5.74) is 1.36. The van der Waals surface area contributed by atoms with Crippen LogP contribution < -0.4 is 0 Å². The van der Waals surface area contributed by atoms with Gasteiger partial charge in [-0.15, -0.1) is 0 Å². The van der Waals surface area contributed by atoms with Gasteiger partial charge >= 0.3 is 0 Å². The van der Waals surface area contributed by atoms with Gasteiger partial charge < -0.3 is 9.32 Å². The van der Waals surface area contributed by atoms with E-state index in [4.69, 9.17) is 4.42 Å². The fourth-order valence-corrected chi connectivity index (χ4v) is 3.03. The van der Waals surface area contributed by atoms with E-state index in [0.29, 0.717) is 6.04 Å². The summed E-state index contributed by atoms with van der Waals surface area (Å²) in [5, 5.41) is 0. The van der Waals surface area contributed by atoms with Crippen LogP contribution in [0.5, 0.6) is 0 Å². The molecule has 22 heavy (non-hydrogen) atoms. The van der Waals surface area contributed by atoms with Crippen molar-refractivity contribution in [2.45, 2.75) is 32.4 Å². The number of likely N-dealkylation sites (N-methyl/N-ethyl adjacent to an activating group) is 1. The number of pyridine rings is 1. The van der Waals surface area contributed by atoms with Crippen molar-refractivity contribution in [1.82, 2.24) is 19.8 Å². The molecule has 2 aromatic heterocycles. The summed E-state index contributed by atoms with van der Waals surface area (Å²) in [4.78, 5) is 13.3. The molecule has 0 unspecified atom stereocenters. The molecule has 0 aromatic carbocycles. The summed E-state index contributed by atoms with van der Waals surface area (Å²) in [6.07, 6.45) is 7.84. The minimum Gasteiger partial charge on any atom is -0.445 e. The molecule has 1 atom stereocenters. The first kappa shape index (κ1) is 15.2. The van der Waals surface area contributed by atoms with Gasteiger partial charge in [0.25, 0.3) is 0 Å². The molecule has 5 heteroatoms. The molecule has 3 rings (SSSR count). The van der Waals surface area contributed by atoms with Gasteiger partial charge in [-0.25, -0.2) is 4.98 Å². The van der Waals surface area contributed by atoms with Crippen molar-refractivity contribution >= 4 is 0 Å².